The zero-order valence-corrected chi connectivity index (χ0v) is 12.0. The van der Waals surface area contributed by atoms with E-state index in [0.717, 1.165) is 5.82 Å². The van der Waals surface area contributed by atoms with Crippen LogP contribution in [0.2, 0.25) is 0 Å². The van der Waals surface area contributed by atoms with Gasteiger partial charge in [-0.1, -0.05) is 12.1 Å². The number of benzene rings is 1. The van der Waals surface area contributed by atoms with E-state index in [0.29, 0.717) is 17.3 Å². The fourth-order valence-electron chi connectivity index (χ4n) is 1.73. The molecule has 1 aromatic rings. The summed E-state index contributed by atoms with van der Waals surface area (Å²) in [5, 5.41) is 18.6. The van der Waals surface area contributed by atoms with Crippen LogP contribution in [0.25, 0.3) is 0 Å². The molecule has 0 aromatic heterocycles. The highest BCUT2D eigenvalue weighted by Crippen LogP contribution is 2.26. The molecule has 1 aromatic carbocycles. The van der Waals surface area contributed by atoms with Crippen molar-refractivity contribution in [2.24, 2.45) is 5.10 Å². The van der Waals surface area contributed by atoms with Gasteiger partial charge in [-0.05, 0) is 12.1 Å². The van der Waals surface area contributed by atoms with Crippen LogP contribution < -0.4 is 21.0 Å². The lowest BCUT2D eigenvalue weighted by Crippen LogP contribution is -2.42. The van der Waals surface area contributed by atoms with E-state index in [2.05, 4.69) is 15.8 Å². The second-order valence-corrected chi connectivity index (χ2v) is 4.42. The number of hydrogen-bond acceptors (Lipinski definition) is 7. The van der Waals surface area contributed by atoms with Crippen molar-refractivity contribution in [3.05, 3.63) is 36.2 Å². The topological polar surface area (TPSA) is 92.3 Å². The summed E-state index contributed by atoms with van der Waals surface area (Å²) in [6.45, 7) is 0. The van der Waals surface area contributed by atoms with Crippen LogP contribution in [0.3, 0.4) is 0 Å². The first-order valence-electron chi connectivity index (χ1n) is 6.16. The summed E-state index contributed by atoms with van der Waals surface area (Å²) in [5.41, 5.74) is 3.92. The normalized spacial score (nSPS) is 13.8. The van der Waals surface area contributed by atoms with Crippen molar-refractivity contribution in [2.45, 2.75) is 0 Å². The van der Waals surface area contributed by atoms with Crippen LogP contribution in [0.1, 0.15) is 0 Å². The van der Waals surface area contributed by atoms with Gasteiger partial charge in [0.15, 0.2) is 0 Å². The van der Waals surface area contributed by atoms with Gasteiger partial charge in [0.25, 0.3) is 0 Å². The van der Waals surface area contributed by atoms with Gasteiger partial charge in [0.05, 0.1) is 12.8 Å². The first kappa shape index (κ1) is 14.5. The number of carbonyl (C=O) groups is 1. The van der Waals surface area contributed by atoms with E-state index in [1.54, 1.807) is 30.3 Å². The smallest absolute Gasteiger partial charge is 0.236 e. The van der Waals surface area contributed by atoms with Gasteiger partial charge in [-0.2, -0.15) is 5.12 Å². The van der Waals surface area contributed by atoms with Gasteiger partial charge in [-0.25, -0.2) is 0 Å². The zero-order valence-electron chi connectivity index (χ0n) is 12.0. The molecule has 0 unspecified atom stereocenters. The Bertz CT molecular complexity index is 597. The molecule has 1 aliphatic rings. The van der Waals surface area contributed by atoms with Gasteiger partial charge in [-0.15, -0.1) is 5.10 Å². The summed E-state index contributed by atoms with van der Waals surface area (Å²) in [4.78, 5) is 12.6. The number of carbonyl (C=O) groups excluding carboxylic acids is 1. The summed E-state index contributed by atoms with van der Waals surface area (Å²) in [7, 11) is 5.24. The van der Waals surface area contributed by atoms with Crippen molar-refractivity contribution in [1.82, 2.24) is 10.3 Å². The molecular weight excluding hydrogens is 274 g/mol. The van der Waals surface area contributed by atoms with Crippen molar-refractivity contribution in [2.75, 3.05) is 31.6 Å². The molecule has 2 N–H and O–H groups in total. The van der Waals surface area contributed by atoms with E-state index in [1.807, 2.05) is 19.0 Å². The Labute approximate surface area is 122 Å². The highest BCUT2D eigenvalue weighted by Gasteiger charge is 2.18. The minimum absolute atomic E-state index is 0.351. The molecule has 8 heteroatoms. The van der Waals surface area contributed by atoms with Crippen LogP contribution in [0.15, 0.2) is 41.3 Å². The summed E-state index contributed by atoms with van der Waals surface area (Å²) < 4.78 is 5.16. The molecule has 0 saturated heterocycles. The lowest BCUT2D eigenvalue weighted by molar-refractivity contribution is -0.242. The average Bonchev–Trinajstić information content (AvgIpc) is 2.46. The first-order valence-corrected chi connectivity index (χ1v) is 6.16. The molecule has 8 nitrogen and oxygen atoms in total. The maximum absolute atomic E-state index is 10.8. The SMILES string of the molecule is COC1=NN(c2ccccc2NC(=O)[O-])NC(N(C)C)=C1. The maximum Gasteiger partial charge on any atom is 0.236 e. The van der Waals surface area contributed by atoms with Gasteiger partial charge in [0.1, 0.15) is 17.6 Å². The quantitative estimate of drug-likeness (QED) is 0.822. The standard InChI is InChI=1S/C13H17N5O3/c1-17(2)11-8-12(21-3)16-18(15-11)10-7-5-4-6-9(10)14-13(19)20/h4-8,14-15H,1-3H3,(H,19,20)/p-1. The van der Waals surface area contributed by atoms with Gasteiger partial charge in [0.2, 0.25) is 5.90 Å². The third kappa shape index (κ3) is 3.35. The molecule has 2 rings (SSSR count). The van der Waals surface area contributed by atoms with Crippen molar-refractivity contribution >= 4 is 23.4 Å². The Morgan fingerprint density at radius 1 is 1.43 bits per heavy atom. The van der Waals surface area contributed by atoms with E-state index in [9.17, 15) is 9.90 Å². The molecule has 0 saturated carbocycles. The minimum Gasteiger partial charge on any atom is -0.530 e. The Morgan fingerprint density at radius 3 is 2.76 bits per heavy atom. The van der Waals surface area contributed by atoms with Crippen molar-refractivity contribution < 1.29 is 14.6 Å². The van der Waals surface area contributed by atoms with Gasteiger partial charge < -0.3 is 24.9 Å². The number of hydrazone groups is 1. The number of carboxylic acid groups (broad SMARTS) is 1. The van der Waals surface area contributed by atoms with Crippen LogP contribution in [-0.2, 0) is 4.74 Å². The molecule has 21 heavy (non-hydrogen) atoms. The van der Waals surface area contributed by atoms with E-state index in [-0.39, 0.29) is 0 Å². The van der Waals surface area contributed by atoms with Crippen molar-refractivity contribution in [1.29, 1.82) is 0 Å². The molecule has 1 amide bonds. The fourth-order valence-corrected chi connectivity index (χ4v) is 1.73. The third-order valence-corrected chi connectivity index (χ3v) is 2.74. The minimum atomic E-state index is -1.39. The van der Waals surface area contributed by atoms with E-state index >= 15 is 0 Å². The third-order valence-electron chi connectivity index (χ3n) is 2.74. The van der Waals surface area contributed by atoms with Crippen LogP contribution in [-0.4, -0.2) is 38.1 Å². The van der Waals surface area contributed by atoms with Crippen LogP contribution >= 0.6 is 0 Å². The van der Waals surface area contributed by atoms with Gasteiger partial charge in [0, 0.05) is 20.2 Å². The molecule has 0 spiro atoms. The van der Waals surface area contributed by atoms with Crippen LogP contribution in [0, 0.1) is 0 Å². The fraction of sp³-hybridized carbons (Fsp3) is 0.231. The first-order chi connectivity index (χ1) is 10.0. The average molecular weight is 290 g/mol. The van der Waals surface area contributed by atoms with E-state index < -0.39 is 6.09 Å². The molecule has 0 atom stereocenters. The second-order valence-electron chi connectivity index (χ2n) is 4.42. The highest BCUT2D eigenvalue weighted by atomic mass is 16.5. The summed E-state index contributed by atoms with van der Waals surface area (Å²) in [6, 6.07) is 6.81. The number of methoxy groups -OCH3 is 1. The number of anilines is 2. The van der Waals surface area contributed by atoms with Crippen molar-refractivity contribution in [3.63, 3.8) is 0 Å². The molecular formula is C13H16N5O3-. The van der Waals surface area contributed by atoms with Crippen molar-refractivity contribution in [3.8, 4) is 0 Å². The largest absolute Gasteiger partial charge is 0.530 e. The number of rotatable bonds is 3. The lowest BCUT2D eigenvalue weighted by atomic mass is 10.2. The molecule has 1 aliphatic heterocycles. The molecule has 0 aliphatic carbocycles. The number of para-hydroxylation sites is 2. The monoisotopic (exact) mass is 290 g/mol. The molecule has 1 heterocycles. The Kier molecular flexibility index (Phi) is 4.17. The highest BCUT2D eigenvalue weighted by molar-refractivity contribution is 5.91. The summed E-state index contributed by atoms with van der Waals surface area (Å²) >= 11 is 0. The van der Waals surface area contributed by atoms with Crippen LogP contribution in [0.4, 0.5) is 16.2 Å². The lowest BCUT2D eigenvalue weighted by Gasteiger charge is -2.31. The van der Waals surface area contributed by atoms with Gasteiger partial charge >= 0.3 is 0 Å². The second kappa shape index (κ2) is 6.04. The number of amides is 1. The van der Waals surface area contributed by atoms with E-state index in [4.69, 9.17) is 4.74 Å². The van der Waals surface area contributed by atoms with Crippen LogP contribution in [0.5, 0.6) is 0 Å². The summed E-state index contributed by atoms with van der Waals surface area (Å²) in [6.07, 6.45) is 0.337. The number of nitrogens with one attached hydrogen (secondary N) is 2. The predicted molar refractivity (Wildman–Crippen MR) is 77.3 cm³/mol. The Balaban J connectivity index is 2.36. The number of hydrazine groups is 1. The summed E-state index contributed by atoms with van der Waals surface area (Å²) in [5.74, 6) is 1.13. The number of nitrogens with zero attached hydrogens (tertiary/aromatic N) is 3. The molecule has 0 radical (unpaired) electrons. The Hall–Kier alpha value is -2.90. The van der Waals surface area contributed by atoms with E-state index in [1.165, 1.54) is 12.2 Å². The maximum atomic E-state index is 10.8. The molecule has 0 fully saturated rings. The Morgan fingerprint density at radius 2 is 2.14 bits per heavy atom. The van der Waals surface area contributed by atoms with Gasteiger partial charge in [-0.3, -0.25) is 5.43 Å². The number of hydrogen-bond donors (Lipinski definition) is 2. The molecule has 112 valence electrons. The molecule has 0 bridgehead atoms. The zero-order chi connectivity index (χ0) is 15.4. The number of ether oxygens (including phenoxy) is 1. The predicted octanol–water partition coefficient (Wildman–Crippen LogP) is 0.129.